The molecule has 23 nitrogen and oxygen atoms in total. The van der Waals surface area contributed by atoms with Crippen molar-refractivity contribution in [3.05, 3.63) is 108 Å². The van der Waals surface area contributed by atoms with E-state index >= 15 is 0 Å². The first-order valence-corrected chi connectivity index (χ1v) is 33.3. The molecule has 4 aliphatic rings. The van der Waals surface area contributed by atoms with Gasteiger partial charge in [0, 0.05) is 152 Å². The van der Waals surface area contributed by atoms with Crippen LogP contribution in [0.4, 0.5) is 0 Å². The molecule has 4 heterocycles. The van der Waals surface area contributed by atoms with Gasteiger partial charge in [-0.1, -0.05) is 93.1 Å². The maximum atomic E-state index is 13.2. The second kappa shape index (κ2) is 35.6. The Morgan fingerprint density at radius 1 is 0.468 bits per heavy atom. The Morgan fingerprint density at radius 3 is 1.12 bits per heavy atom. The zero-order valence-electron chi connectivity index (χ0n) is 55.1. The minimum atomic E-state index is -0.714. The van der Waals surface area contributed by atoms with E-state index in [1.165, 1.54) is 0 Å². The molecule has 3 aromatic carbocycles. The molecule has 94 heavy (non-hydrogen) atoms. The minimum Gasteiger partial charge on any atom is -0.396 e. The lowest BCUT2D eigenvalue weighted by atomic mass is 9.83. The molecular weight excluding hydrogens is 1190 g/mol. The highest BCUT2D eigenvalue weighted by molar-refractivity contribution is 6.01. The van der Waals surface area contributed by atoms with Crippen LogP contribution in [-0.4, -0.2) is 174 Å². The summed E-state index contributed by atoms with van der Waals surface area (Å²) in [5, 5.41) is 57.9. The summed E-state index contributed by atoms with van der Waals surface area (Å²) >= 11 is 0. The Labute approximate surface area is 551 Å². The molecule has 4 fully saturated rings. The highest BCUT2D eigenvalue weighted by Crippen LogP contribution is 2.30. The van der Waals surface area contributed by atoms with Gasteiger partial charge >= 0.3 is 0 Å². The molecule has 502 valence electrons. The highest BCUT2D eigenvalue weighted by Gasteiger charge is 2.37. The molecule has 0 unspecified atom stereocenters. The zero-order valence-corrected chi connectivity index (χ0v) is 55.1. The number of ether oxygens (including phenoxy) is 2. The Kier molecular flexibility index (Phi) is 27.0. The quantitative estimate of drug-likeness (QED) is 0.0360. The summed E-state index contributed by atoms with van der Waals surface area (Å²) in [7, 11) is 8.90. The van der Waals surface area contributed by atoms with Crippen molar-refractivity contribution < 1.29 is 43.3 Å². The van der Waals surface area contributed by atoms with E-state index in [1.807, 2.05) is 132 Å². The number of aliphatic hydroxyl groups is 1. The van der Waals surface area contributed by atoms with E-state index in [9.17, 15) is 39.3 Å². The molecule has 10 rings (SSSR count). The number of para-hydroxylation sites is 3. The Bertz CT molecular complexity index is 3660. The van der Waals surface area contributed by atoms with Gasteiger partial charge in [-0.2, -0.15) is 15.8 Å². The predicted octanol–water partition coefficient (Wildman–Crippen LogP) is 6.50. The maximum Gasteiger partial charge on any atom is 0.268 e. The van der Waals surface area contributed by atoms with Gasteiger partial charge in [-0.3, -0.25) is 33.7 Å². The summed E-state index contributed by atoms with van der Waals surface area (Å²) in [6.07, 6.45) is 11.3. The number of methoxy groups -OCH3 is 2. The van der Waals surface area contributed by atoms with Crippen LogP contribution in [0.5, 0.6) is 0 Å². The zero-order chi connectivity index (χ0) is 67.1. The molecule has 0 spiro atoms. The number of carbonyl (C=O) groups excluding carboxylic acids is 6. The summed E-state index contributed by atoms with van der Waals surface area (Å²) in [6.45, 7) is 6.62. The molecule has 0 bridgehead atoms. The first-order chi connectivity index (χ1) is 45.6. The number of fused-ring (bicyclic) bond motifs is 3. The lowest BCUT2D eigenvalue weighted by Crippen LogP contribution is -2.51. The van der Waals surface area contributed by atoms with Crippen molar-refractivity contribution in [1.82, 2.24) is 55.4 Å². The van der Waals surface area contributed by atoms with Crippen LogP contribution in [-0.2, 0) is 45.0 Å². The average molecular weight is 1290 g/mol. The first kappa shape index (κ1) is 71.2. The number of hydrogen-bond donors (Lipinski definition) is 7. The van der Waals surface area contributed by atoms with Crippen LogP contribution in [0.25, 0.3) is 32.7 Å². The van der Waals surface area contributed by atoms with Gasteiger partial charge < -0.3 is 65.1 Å². The smallest absolute Gasteiger partial charge is 0.268 e. The van der Waals surface area contributed by atoms with Crippen molar-refractivity contribution >= 4 is 68.2 Å². The van der Waals surface area contributed by atoms with Gasteiger partial charge in [-0.05, 0) is 81.3 Å². The first-order valence-electron chi connectivity index (χ1n) is 33.3. The number of aryl methyl sites for hydroxylation is 3. The second-order valence-corrected chi connectivity index (χ2v) is 25.2. The number of nitrogens with zero attached hydrogens (tertiary/aromatic N) is 8. The van der Waals surface area contributed by atoms with Gasteiger partial charge in [0.15, 0.2) is 0 Å². The van der Waals surface area contributed by atoms with Gasteiger partial charge in [0.2, 0.25) is 17.7 Å². The average Bonchev–Trinajstić information content (AvgIpc) is 1.68. The molecule has 3 saturated carbocycles. The van der Waals surface area contributed by atoms with Crippen molar-refractivity contribution in [1.29, 1.82) is 15.8 Å². The molecule has 6 amide bonds. The third-order valence-corrected chi connectivity index (χ3v) is 19.1. The van der Waals surface area contributed by atoms with Crippen LogP contribution in [0.2, 0.25) is 0 Å². The SMILES string of the molecule is COCCN1CCN(CC[C@@H](C#N)NC(=O)[C@@H]2CCCC[C@@H]2NC(=O)c2cc3ccccc3n2C)CC1.COCC[C@@H](C#N)NC(=O)[C@@H]1CCCC[C@@H]1NC(=O)c1cc2ccccc2n1C.Cn1c(C(=O)N[C@H]2CCCC[C@H]2C(=O)N[C@H](C#N)CCO)cc2ccccc21. The third-order valence-electron chi connectivity index (χ3n) is 19.1. The summed E-state index contributed by atoms with van der Waals surface area (Å²) in [4.78, 5) is 82.5. The minimum absolute atomic E-state index is 0.127. The van der Waals surface area contributed by atoms with E-state index < -0.39 is 18.1 Å². The van der Waals surface area contributed by atoms with Crippen LogP contribution in [0.3, 0.4) is 0 Å². The van der Waals surface area contributed by atoms with Crippen molar-refractivity contribution in [3.8, 4) is 18.2 Å². The van der Waals surface area contributed by atoms with Gasteiger partial charge in [-0.25, -0.2) is 0 Å². The number of benzene rings is 3. The number of aliphatic hydroxyl groups excluding tert-OH is 1. The van der Waals surface area contributed by atoms with Crippen LogP contribution >= 0.6 is 0 Å². The largest absolute Gasteiger partial charge is 0.396 e. The topological polar surface area (TPSA) is 306 Å². The number of nitriles is 3. The lowest BCUT2D eigenvalue weighted by Gasteiger charge is -2.35. The number of piperazine rings is 1. The Balaban J connectivity index is 0.000000183. The molecule has 1 aliphatic heterocycles. The number of hydrogen-bond acceptors (Lipinski definition) is 14. The number of nitrogens with one attached hydrogen (secondary N) is 6. The molecular formula is C71H94N14O9. The lowest BCUT2D eigenvalue weighted by molar-refractivity contribution is -0.128. The van der Waals surface area contributed by atoms with Gasteiger partial charge in [0.1, 0.15) is 35.2 Å². The van der Waals surface area contributed by atoms with Gasteiger partial charge in [0.25, 0.3) is 17.7 Å². The highest BCUT2D eigenvalue weighted by atomic mass is 16.5. The molecule has 0 radical (unpaired) electrons. The molecule has 3 aromatic heterocycles. The van der Waals surface area contributed by atoms with E-state index in [0.717, 1.165) is 136 Å². The van der Waals surface area contributed by atoms with E-state index in [1.54, 1.807) is 14.2 Å². The van der Waals surface area contributed by atoms with E-state index in [0.29, 0.717) is 55.8 Å². The van der Waals surface area contributed by atoms with Crippen molar-refractivity contribution in [3.63, 3.8) is 0 Å². The fourth-order valence-electron chi connectivity index (χ4n) is 13.6. The Hall–Kier alpha value is -8.63. The maximum absolute atomic E-state index is 13.2. The summed E-state index contributed by atoms with van der Waals surface area (Å²) in [5.41, 5.74) is 4.69. The monoisotopic (exact) mass is 1290 g/mol. The van der Waals surface area contributed by atoms with Gasteiger partial charge in [-0.15, -0.1) is 0 Å². The molecule has 9 atom stereocenters. The van der Waals surface area contributed by atoms with Gasteiger partial charge in [0.05, 0.1) is 42.6 Å². The fourth-order valence-corrected chi connectivity index (χ4v) is 13.6. The number of carbonyl (C=O) groups is 6. The molecule has 23 heteroatoms. The van der Waals surface area contributed by atoms with Crippen LogP contribution in [0.1, 0.15) is 128 Å². The summed E-state index contributed by atoms with van der Waals surface area (Å²) in [5.74, 6) is -2.10. The van der Waals surface area contributed by atoms with Crippen molar-refractivity contribution in [2.24, 2.45) is 38.9 Å². The fraction of sp³-hybridized carbons (Fsp3) is 0.535. The molecule has 6 aromatic rings. The third kappa shape index (κ3) is 18.8. The summed E-state index contributed by atoms with van der Waals surface area (Å²) in [6, 6.07) is 33.0. The number of aromatic nitrogens is 3. The molecule has 7 N–H and O–H groups in total. The predicted molar refractivity (Wildman–Crippen MR) is 359 cm³/mol. The van der Waals surface area contributed by atoms with Crippen LogP contribution in [0.15, 0.2) is 91.0 Å². The van der Waals surface area contributed by atoms with Crippen LogP contribution in [0, 0.1) is 51.7 Å². The van der Waals surface area contributed by atoms with E-state index in [4.69, 9.17) is 19.8 Å². The number of amides is 6. The van der Waals surface area contributed by atoms with Crippen LogP contribution < -0.4 is 31.9 Å². The van der Waals surface area contributed by atoms with Crippen molar-refractivity contribution in [2.75, 3.05) is 73.3 Å². The normalized spacial score (nSPS) is 20.8. The van der Waals surface area contributed by atoms with E-state index in [2.05, 4.69) is 53.8 Å². The number of rotatable bonds is 23. The van der Waals surface area contributed by atoms with E-state index in [-0.39, 0.29) is 84.4 Å². The standard InChI is InChI=1S/C28H40N6O3.C22H28N4O3.C21H26N4O3/c1-32-25-10-6-3-7-21(25)19-26(32)28(36)31-24-9-5-4-8-23(24)27(35)30-22(20-29)11-12-33-13-15-34(16-14-33)17-18-37-2;1-26-19-10-6-3-7-15(19)13-20(26)22(28)25-18-9-5-4-8-17(18)21(27)24-16(14-23)11-12-29-2;1-25-18-9-5-2-6-14(18)12-19(25)21(28)24-17-8-4-3-7-16(17)20(27)23-15(13-22)10-11-26/h3,6-7,10,19,22-24H,4-5,8-9,11-18H2,1-2H3,(H,30,35)(H,31,36);3,6-7,10,13,16-18H,4-5,8-9,11-12H2,1-2H3,(H,24,27)(H,25,28);2,5-6,9,12,15-17,26H,3-4,7-8,10-11H2,1H3,(H,23,27)(H,24,28)/t22-,23+,24-;16-,17+,18-;15-,16+,17-/m000/s1. The summed E-state index contributed by atoms with van der Waals surface area (Å²) < 4.78 is 15.8. The molecule has 3 aliphatic carbocycles. The van der Waals surface area contributed by atoms with Crippen molar-refractivity contribution in [2.45, 2.75) is 133 Å². The molecule has 1 saturated heterocycles. The second-order valence-electron chi connectivity index (χ2n) is 25.2. The Morgan fingerprint density at radius 2 is 0.787 bits per heavy atom.